The summed E-state index contributed by atoms with van der Waals surface area (Å²) in [5.41, 5.74) is 3.06. The van der Waals surface area contributed by atoms with E-state index in [2.05, 4.69) is 5.32 Å². The highest BCUT2D eigenvalue weighted by atomic mass is 16.5. The predicted molar refractivity (Wildman–Crippen MR) is 83.4 cm³/mol. The van der Waals surface area contributed by atoms with E-state index in [0.717, 1.165) is 16.8 Å². The van der Waals surface area contributed by atoms with Crippen molar-refractivity contribution in [3.05, 3.63) is 29.3 Å². The first kappa shape index (κ1) is 17.2. The summed E-state index contributed by atoms with van der Waals surface area (Å²) in [6, 6.07) is 5.84. The summed E-state index contributed by atoms with van der Waals surface area (Å²) in [5, 5.41) is 2.75. The number of anilines is 1. The van der Waals surface area contributed by atoms with Crippen molar-refractivity contribution in [2.24, 2.45) is 0 Å². The molecular formula is C16H24N2O3. The number of methoxy groups -OCH3 is 1. The van der Waals surface area contributed by atoms with Gasteiger partial charge in [0.15, 0.2) is 0 Å². The van der Waals surface area contributed by atoms with E-state index in [1.54, 1.807) is 12.0 Å². The third-order valence-electron chi connectivity index (χ3n) is 3.44. The Morgan fingerprint density at radius 3 is 2.62 bits per heavy atom. The Balaban J connectivity index is 2.69. The fraction of sp³-hybridized carbons (Fsp3) is 0.500. The maximum Gasteiger partial charge on any atom is 0.223 e. The van der Waals surface area contributed by atoms with Crippen LogP contribution < -0.4 is 10.2 Å². The molecule has 1 N–H and O–H groups in total. The summed E-state index contributed by atoms with van der Waals surface area (Å²) in [5.74, 6) is -0.142. The average Bonchev–Trinajstić information content (AvgIpc) is 2.43. The van der Waals surface area contributed by atoms with E-state index < -0.39 is 0 Å². The van der Waals surface area contributed by atoms with Gasteiger partial charge in [-0.15, -0.1) is 0 Å². The van der Waals surface area contributed by atoms with E-state index >= 15 is 0 Å². The first-order valence-corrected chi connectivity index (χ1v) is 7.07. The van der Waals surface area contributed by atoms with Gasteiger partial charge in [-0.25, -0.2) is 0 Å². The topological polar surface area (TPSA) is 58.6 Å². The number of hydrogen-bond donors (Lipinski definition) is 1. The minimum atomic E-state index is -0.0800. The minimum absolute atomic E-state index is 0.0617. The van der Waals surface area contributed by atoms with Crippen molar-refractivity contribution in [1.29, 1.82) is 0 Å². The Hall–Kier alpha value is -1.88. The van der Waals surface area contributed by atoms with E-state index in [-0.39, 0.29) is 18.2 Å². The van der Waals surface area contributed by atoms with Gasteiger partial charge in [0, 0.05) is 39.2 Å². The summed E-state index contributed by atoms with van der Waals surface area (Å²) in [6.07, 6.45) is 0.274. The summed E-state index contributed by atoms with van der Waals surface area (Å²) >= 11 is 0. The van der Waals surface area contributed by atoms with Crippen LogP contribution in [0.3, 0.4) is 0 Å². The average molecular weight is 292 g/mol. The van der Waals surface area contributed by atoms with Crippen LogP contribution in [0.5, 0.6) is 0 Å². The zero-order valence-electron chi connectivity index (χ0n) is 13.2. The molecule has 0 heterocycles. The van der Waals surface area contributed by atoms with E-state index in [0.29, 0.717) is 19.7 Å². The molecule has 0 unspecified atom stereocenters. The number of carbonyl (C=O) groups excluding carboxylic acids is 2. The minimum Gasteiger partial charge on any atom is -0.383 e. The lowest BCUT2D eigenvalue weighted by Crippen LogP contribution is -2.35. The third-order valence-corrected chi connectivity index (χ3v) is 3.44. The number of nitrogens with one attached hydrogen (secondary N) is 1. The summed E-state index contributed by atoms with van der Waals surface area (Å²) in [4.78, 5) is 25.2. The summed E-state index contributed by atoms with van der Waals surface area (Å²) in [6.45, 7) is 6.86. The molecule has 0 bridgehead atoms. The van der Waals surface area contributed by atoms with Crippen molar-refractivity contribution in [2.75, 3.05) is 31.7 Å². The molecule has 2 amide bonds. The van der Waals surface area contributed by atoms with Crippen LogP contribution in [-0.4, -0.2) is 38.6 Å². The van der Waals surface area contributed by atoms with Crippen molar-refractivity contribution in [2.45, 2.75) is 27.2 Å². The van der Waals surface area contributed by atoms with Crippen LogP contribution in [0.4, 0.5) is 5.69 Å². The van der Waals surface area contributed by atoms with Gasteiger partial charge in [-0.05, 0) is 31.0 Å². The van der Waals surface area contributed by atoms with Crippen LogP contribution in [0.2, 0.25) is 0 Å². The second-order valence-corrected chi connectivity index (χ2v) is 4.98. The van der Waals surface area contributed by atoms with Gasteiger partial charge in [-0.1, -0.05) is 12.1 Å². The molecule has 5 nitrogen and oxygen atoms in total. The van der Waals surface area contributed by atoms with Gasteiger partial charge in [0.25, 0.3) is 0 Å². The number of benzene rings is 1. The SMILES string of the molecule is COCCNC(=O)CCN(C(C)=O)c1cccc(C)c1C. The Morgan fingerprint density at radius 2 is 2.00 bits per heavy atom. The van der Waals surface area contributed by atoms with Crippen molar-refractivity contribution in [3.8, 4) is 0 Å². The van der Waals surface area contributed by atoms with E-state index in [1.807, 2.05) is 32.0 Å². The fourth-order valence-corrected chi connectivity index (χ4v) is 2.07. The normalized spacial score (nSPS) is 10.3. The van der Waals surface area contributed by atoms with E-state index in [9.17, 15) is 9.59 Å². The first-order chi connectivity index (χ1) is 9.97. The van der Waals surface area contributed by atoms with Crippen molar-refractivity contribution >= 4 is 17.5 Å². The molecule has 0 saturated heterocycles. The lowest BCUT2D eigenvalue weighted by molar-refractivity contribution is -0.121. The molecule has 0 aliphatic rings. The number of carbonyl (C=O) groups is 2. The summed E-state index contributed by atoms with van der Waals surface area (Å²) in [7, 11) is 1.59. The molecule has 0 atom stereocenters. The first-order valence-electron chi connectivity index (χ1n) is 7.07. The molecule has 0 fully saturated rings. The molecule has 0 spiro atoms. The Bertz CT molecular complexity index is 500. The standard InChI is InChI=1S/C16H24N2O3/c1-12-6-5-7-15(13(12)2)18(14(3)19)10-8-16(20)17-9-11-21-4/h5-7H,8-11H2,1-4H3,(H,17,20). The summed E-state index contributed by atoms with van der Waals surface area (Å²) < 4.78 is 4.88. The van der Waals surface area contributed by atoms with Crippen LogP contribution >= 0.6 is 0 Å². The Labute approximate surface area is 126 Å². The van der Waals surface area contributed by atoms with E-state index in [4.69, 9.17) is 4.74 Å². The van der Waals surface area contributed by atoms with Gasteiger partial charge in [0.1, 0.15) is 0 Å². The zero-order valence-corrected chi connectivity index (χ0v) is 13.2. The number of amides is 2. The van der Waals surface area contributed by atoms with Crippen molar-refractivity contribution in [3.63, 3.8) is 0 Å². The van der Waals surface area contributed by atoms with Gasteiger partial charge in [0.2, 0.25) is 11.8 Å². The van der Waals surface area contributed by atoms with Crippen LogP contribution in [-0.2, 0) is 14.3 Å². The highest BCUT2D eigenvalue weighted by Gasteiger charge is 2.15. The maximum absolute atomic E-state index is 11.9. The molecular weight excluding hydrogens is 268 g/mol. The number of rotatable bonds is 7. The molecule has 116 valence electrons. The zero-order chi connectivity index (χ0) is 15.8. The highest BCUT2D eigenvalue weighted by molar-refractivity contribution is 5.93. The van der Waals surface area contributed by atoms with Crippen molar-refractivity contribution < 1.29 is 14.3 Å². The Morgan fingerprint density at radius 1 is 1.29 bits per heavy atom. The monoisotopic (exact) mass is 292 g/mol. The number of aryl methyl sites for hydroxylation is 1. The Kier molecular flexibility index (Phi) is 6.88. The molecule has 21 heavy (non-hydrogen) atoms. The second kappa shape index (κ2) is 8.42. The van der Waals surface area contributed by atoms with Crippen LogP contribution in [0.1, 0.15) is 24.5 Å². The molecule has 5 heteroatoms. The molecule has 1 aromatic rings. The van der Waals surface area contributed by atoms with Crippen molar-refractivity contribution in [1.82, 2.24) is 5.32 Å². The number of hydrogen-bond acceptors (Lipinski definition) is 3. The largest absolute Gasteiger partial charge is 0.383 e. The van der Waals surface area contributed by atoms with E-state index in [1.165, 1.54) is 6.92 Å². The van der Waals surface area contributed by atoms with Gasteiger partial charge < -0.3 is 15.0 Å². The van der Waals surface area contributed by atoms with Crippen LogP contribution in [0.25, 0.3) is 0 Å². The molecule has 0 aliphatic carbocycles. The number of nitrogens with zero attached hydrogens (tertiary/aromatic N) is 1. The van der Waals surface area contributed by atoms with Crippen LogP contribution in [0.15, 0.2) is 18.2 Å². The van der Waals surface area contributed by atoms with Gasteiger partial charge in [0.05, 0.1) is 6.61 Å². The third kappa shape index (κ3) is 5.19. The maximum atomic E-state index is 11.9. The second-order valence-electron chi connectivity index (χ2n) is 4.98. The van der Waals surface area contributed by atoms with Gasteiger partial charge >= 0.3 is 0 Å². The smallest absolute Gasteiger partial charge is 0.223 e. The molecule has 0 saturated carbocycles. The predicted octanol–water partition coefficient (Wildman–Crippen LogP) is 1.81. The molecule has 1 aromatic carbocycles. The number of ether oxygens (including phenoxy) is 1. The van der Waals surface area contributed by atoms with Gasteiger partial charge in [-0.2, -0.15) is 0 Å². The lowest BCUT2D eigenvalue weighted by atomic mass is 10.1. The lowest BCUT2D eigenvalue weighted by Gasteiger charge is -2.23. The molecule has 0 radical (unpaired) electrons. The molecule has 0 aromatic heterocycles. The molecule has 0 aliphatic heterocycles. The molecule has 1 rings (SSSR count). The fourth-order valence-electron chi connectivity index (χ4n) is 2.07. The van der Waals surface area contributed by atoms with Crippen LogP contribution in [0, 0.1) is 13.8 Å². The van der Waals surface area contributed by atoms with Gasteiger partial charge in [-0.3, -0.25) is 9.59 Å². The highest BCUT2D eigenvalue weighted by Crippen LogP contribution is 2.23. The quantitative estimate of drug-likeness (QED) is 0.780.